The number of benzene rings is 6. The van der Waals surface area contributed by atoms with Gasteiger partial charge in [0.15, 0.2) is 0 Å². The van der Waals surface area contributed by atoms with Gasteiger partial charge in [0.25, 0.3) is 0 Å². The van der Waals surface area contributed by atoms with Crippen molar-refractivity contribution < 1.29 is 0 Å². The first-order chi connectivity index (χ1) is 21.5. The molecule has 10 rings (SSSR count). The highest BCUT2D eigenvalue weighted by atomic mass is 15.0. The quantitative estimate of drug-likeness (QED) is 0.188. The van der Waals surface area contributed by atoms with Crippen molar-refractivity contribution in [3.63, 3.8) is 0 Å². The van der Waals surface area contributed by atoms with Gasteiger partial charge in [-0.2, -0.15) is 0 Å². The highest BCUT2D eigenvalue weighted by molar-refractivity contribution is 6.22. The molecule has 0 saturated carbocycles. The molecule has 0 amide bonds. The minimum absolute atomic E-state index is 1.19. The summed E-state index contributed by atoms with van der Waals surface area (Å²) < 4.78 is 9.48. The number of aromatic nitrogens is 4. The predicted octanol–water partition coefficient (Wildman–Crippen LogP) is 10.0. The maximum atomic E-state index is 2.43. The molecule has 0 unspecified atom stereocenters. The Morgan fingerprint density at radius 3 is 1.41 bits per heavy atom. The molecule has 0 bridgehead atoms. The van der Waals surface area contributed by atoms with E-state index in [1.165, 1.54) is 98.5 Å². The Bertz CT molecular complexity index is 2810. The average molecular weight is 567 g/mol. The summed E-state index contributed by atoms with van der Waals surface area (Å²) in [5.74, 6) is 0. The maximum absolute atomic E-state index is 2.43. The zero-order chi connectivity index (χ0) is 29.4. The number of nitrogens with zero attached hydrogens (tertiary/aromatic N) is 4. The van der Waals surface area contributed by atoms with Crippen LogP contribution in [-0.2, 0) is 21.1 Å². The van der Waals surface area contributed by atoms with Gasteiger partial charge >= 0.3 is 0 Å². The van der Waals surface area contributed by atoms with Crippen molar-refractivity contribution in [2.75, 3.05) is 0 Å². The summed E-state index contributed by atoms with van der Waals surface area (Å²) >= 11 is 0. The smallest absolute Gasteiger partial charge is 0.0541 e. The first kappa shape index (κ1) is 24.0. The van der Waals surface area contributed by atoms with E-state index in [1.54, 1.807) is 0 Å². The van der Waals surface area contributed by atoms with E-state index in [1.807, 2.05) is 0 Å². The summed E-state index contributed by atoms with van der Waals surface area (Å²) in [6.45, 7) is 2.18. The second-order valence-corrected chi connectivity index (χ2v) is 12.5. The Balaban J connectivity index is 1.29. The van der Waals surface area contributed by atoms with Crippen LogP contribution in [0.5, 0.6) is 0 Å². The van der Waals surface area contributed by atoms with Crippen LogP contribution < -0.4 is 0 Å². The van der Waals surface area contributed by atoms with Gasteiger partial charge in [-0.25, -0.2) is 0 Å². The van der Waals surface area contributed by atoms with Crippen molar-refractivity contribution in [2.45, 2.75) is 6.92 Å². The topological polar surface area (TPSA) is 19.7 Å². The SMILES string of the molecule is Cc1ccc2c(c1)c1cc3c(cc1n2C)c1cc2c4cc(-n5c6ccccc6c6ccccc65)ccc4n(C)c2cc1n3C. The Labute approximate surface area is 253 Å². The lowest BCUT2D eigenvalue weighted by Gasteiger charge is -2.08. The molecule has 44 heavy (non-hydrogen) atoms. The summed E-state index contributed by atoms with van der Waals surface area (Å²) in [6.07, 6.45) is 0. The summed E-state index contributed by atoms with van der Waals surface area (Å²) in [7, 11) is 6.60. The van der Waals surface area contributed by atoms with Crippen LogP contribution in [0.1, 0.15) is 5.56 Å². The molecular weight excluding hydrogens is 536 g/mol. The molecule has 0 radical (unpaired) electrons. The van der Waals surface area contributed by atoms with Gasteiger partial charge in [0.2, 0.25) is 0 Å². The Morgan fingerprint density at radius 1 is 0.341 bits per heavy atom. The van der Waals surface area contributed by atoms with Gasteiger partial charge in [-0.15, -0.1) is 0 Å². The molecule has 4 heterocycles. The fourth-order valence-corrected chi connectivity index (χ4v) is 8.05. The molecule has 0 aliphatic heterocycles. The highest BCUT2D eigenvalue weighted by Gasteiger charge is 2.19. The minimum atomic E-state index is 1.19. The largest absolute Gasteiger partial charge is 0.344 e. The monoisotopic (exact) mass is 566 g/mol. The molecule has 0 aliphatic carbocycles. The van der Waals surface area contributed by atoms with Gasteiger partial charge in [-0.3, -0.25) is 0 Å². The van der Waals surface area contributed by atoms with Crippen molar-refractivity contribution in [1.29, 1.82) is 0 Å². The summed E-state index contributed by atoms with van der Waals surface area (Å²) in [5, 5.41) is 10.4. The van der Waals surface area contributed by atoms with Gasteiger partial charge < -0.3 is 18.3 Å². The minimum Gasteiger partial charge on any atom is -0.344 e. The number of rotatable bonds is 1. The molecule has 0 atom stereocenters. The van der Waals surface area contributed by atoms with E-state index in [0.29, 0.717) is 0 Å². The third kappa shape index (κ3) is 2.88. The standard InChI is InChI=1S/C40H30N4/c1-23-13-15-33-27(17-23)31-20-38-32(21-37(31)41(33)2)30-19-29-28-18-24(14-16-34(28)42(3)39(29)22-40(30)43(38)4)44-35-11-7-5-9-25(35)26-10-6-8-12-36(26)44/h5-22H,1-4H3. The molecule has 0 spiro atoms. The Hall–Kier alpha value is -5.48. The van der Waals surface area contributed by atoms with E-state index in [4.69, 9.17) is 0 Å². The van der Waals surface area contributed by atoms with Gasteiger partial charge in [-0.1, -0.05) is 48.0 Å². The lowest BCUT2D eigenvalue weighted by atomic mass is 10.1. The molecular formula is C40H30N4. The summed E-state index contributed by atoms with van der Waals surface area (Å²) in [6, 6.07) is 40.8. The first-order valence-corrected chi connectivity index (χ1v) is 15.3. The van der Waals surface area contributed by atoms with Crippen LogP contribution in [0.4, 0.5) is 0 Å². The molecule has 0 N–H and O–H groups in total. The fraction of sp³-hybridized carbons (Fsp3) is 0.100. The number of hydrogen-bond acceptors (Lipinski definition) is 0. The molecule has 210 valence electrons. The Morgan fingerprint density at radius 2 is 0.795 bits per heavy atom. The average Bonchev–Trinajstić information content (AvgIpc) is 3.71. The van der Waals surface area contributed by atoms with Crippen LogP contribution in [0.25, 0.3) is 92.9 Å². The molecule has 0 fully saturated rings. The molecule has 4 nitrogen and oxygen atoms in total. The number of fused-ring (bicyclic) bond motifs is 12. The van der Waals surface area contributed by atoms with Gasteiger partial charge in [0, 0.05) is 92.0 Å². The molecule has 0 aliphatic rings. The third-order valence-electron chi connectivity index (χ3n) is 10.2. The van der Waals surface area contributed by atoms with Crippen LogP contribution in [0.2, 0.25) is 0 Å². The van der Waals surface area contributed by atoms with Gasteiger partial charge in [0.05, 0.1) is 22.1 Å². The van der Waals surface area contributed by atoms with Crippen LogP contribution in [-0.4, -0.2) is 18.3 Å². The molecule has 4 heteroatoms. The third-order valence-corrected chi connectivity index (χ3v) is 10.2. The van der Waals surface area contributed by atoms with Crippen LogP contribution in [0, 0.1) is 6.92 Å². The fourth-order valence-electron chi connectivity index (χ4n) is 8.05. The Kier molecular flexibility index (Phi) is 4.43. The van der Waals surface area contributed by atoms with Crippen molar-refractivity contribution in [2.24, 2.45) is 21.1 Å². The van der Waals surface area contributed by atoms with Crippen LogP contribution >= 0.6 is 0 Å². The number of aryl methyl sites for hydroxylation is 4. The van der Waals surface area contributed by atoms with Crippen LogP contribution in [0.3, 0.4) is 0 Å². The highest BCUT2D eigenvalue weighted by Crippen LogP contribution is 2.40. The maximum Gasteiger partial charge on any atom is 0.0541 e. The second kappa shape index (κ2) is 8.12. The van der Waals surface area contributed by atoms with Crippen molar-refractivity contribution >= 4 is 87.2 Å². The van der Waals surface area contributed by atoms with Crippen molar-refractivity contribution in [3.8, 4) is 5.69 Å². The number of hydrogen-bond donors (Lipinski definition) is 0. The predicted molar refractivity (Wildman–Crippen MR) is 187 cm³/mol. The van der Waals surface area contributed by atoms with E-state index in [2.05, 4.69) is 156 Å². The van der Waals surface area contributed by atoms with E-state index in [9.17, 15) is 0 Å². The first-order valence-electron chi connectivity index (χ1n) is 15.3. The van der Waals surface area contributed by atoms with Crippen molar-refractivity contribution in [3.05, 3.63) is 115 Å². The molecule has 10 aromatic rings. The number of para-hydroxylation sites is 2. The zero-order valence-corrected chi connectivity index (χ0v) is 25.2. The summed E-state index contributed by atoms with van der Waals surface area (Å²) in [4.78, 5) is 0. The van der Waals surface area contributed by atoms with Gasteiger partial charge in [-0.05, 0) is 73.7 Å². The molecule has 6 aromatic carbocycles. The normalized spacial score (nSPS) is 12.5. The lowest BCUT2D eigenvalue weighted by molar-refractivity contribution is 1.00. The van der Waals surface area contributed by atoms with E-state index in [-0.39, 0.29) is 0 Å². The van der Waals surface area contributed by atoms with Crippen LogP contribution in [0.15, 0.2) is 109 Å². The van der Waals surface area contributed by atoms with Gasteiger partial charge in [0.1, 0.15) is 0 Å². The summed E-state index contributed by atoms with van der Waals surface area (Å²) in [5.41, 5.74) is 12.5. The van der Waals surface area contributed by atoms with E-state index >= 15 is 0 Å². The molecule has 4 aromatic heterocycles. The van der Waals surface area contributed by atoms with E-state index < -0.39 is 0 Å². The zero-order valence-electron chi connectivity index (χ0n) is 25.2. The van der Waals surface area contributed by atoms with E-state index in [0.717, 1.165) is 0 Å². The second-order valence-electron chi connectivity index (χ2n) is 12.5. The lowest BCUT2D eigenvalue weighted by Crippen LogP contribution is -1.94. The van der Waals surface area contributed by atoms with Crippen molar-refractivity contribution in [1.82, 2.24) is 18.3 Å². The molecule has 0 saturated heterocycles.